The van der Waals surface area contributed by atoms with Crippen LogP contribution in [0.2, 0.25) is 5.02 Å². The number of ether oxygens (including phenoxy) is 2. The van der Waals surface area contributed by atoms with Gasteiger partial charge in [-0.2, -0.15) is 0 Å². The molecule has 3 rings (SSSR count). The fraction of sp³-hybridized carbons (Fsp3) is 0.429. The highest BCUT2D eigenvalue weighted by atomic mass is 35.5. The van der Waals surface area contributed by atoms with Crippen molar-refractivity contribution in [2.75, 3.05) is 7.11 Å². The molecule has 144 valence electrons. The van der Waals surface area contributed by atoms with E-state index in [1.807, 2.05) is 70.2 Å². The van der Waals surface area contributed by atoms with E-state index in [0.29, 0.717) is 18.2 Å². The van der Waals surface area contributed by atoms with Gasteiger partial charge in [0.1, 0.15) is 5.75 Å². The molecule has 1 saturated heterocycles. The molecule has 1 aliphatic heterocycles. The Morgan fingerprint density at radius 3 is 2.15 bits per heavy atom. The van der Waals surface area contributed by atoms with Crippen LogP contribution in [0.4, 0.5) is 0 Å². The van der Waals surface area contributed by atoms with Gasteiger partial charge in [0.15, 0.2) is 0 Å². The second-order valence-electron chi connectivity index (χ2n) is 7.77. The number of hydrogen-bond donors (Lipinski definition) is 0. The largest absolute Gasteiger partial charge is 0.497 e. The number of halogens is 1. The van der Waals surface area contributed by atoms with Gasteiger partial charge in [0.05, 0.1) is 31.5 Å². The molecule has 27 heavy (non-hydrogen) atoms. The summed E-state index contributed by atoms with van der Waals surface area (Å²) in [4.78, 5) is 0. The van der Waals surface area contributed by atoms with E-state index in [2.05, 4.69) is 0 Å². The standard InChI is InChI=1S/C21H26BClO4/c1-20(2)21(3,4)27-22(26-20)19-12-17(23)9-8-16(19)14-25-13-15-6-10-18(24-5)11-7-15/h6-12H,13-14H2,1-5H3. The zero-order chi connectivity index (χ0) is 19.7. The van der Waals surface area contributed by atoms with Crippen LogP contribution in [0, 0.1) is 0 Å². The van der Waals surface area contributed by atoms with Crippen LogP contribution in [-0.4, -0.2) is 25.4 Å². The molecule has 1 aliphatic rings. The molecule has 2 aromatic rings. The van der Waals surface area contributed by atoms with Gasteiger partial charge in [-0.1, -0.05) is 29.8 Å². The molecule has 6 heteroatoms. The molecule has 4 nitrogen and oxygen atoms in total. The monoisotopic (exact) mass is 388 g/mol. The van der Waals surface area contributed by atoms with Crippen molar-refractivity contribution in [3.63, 3.8) is 0 Å². The van der Waals surface area contributed by atoms with Gasteiger partial charge in [0, 0.05) is 5.02 Å². The summed E-state index contributed by atoms with van der Waals surface area (Å²) in [5.74, 6) is 0.833. The first-order valence-corrected chi connectivity index (χ1v) is 9.44. The predicted molar refractivity (Wildman–Crippen MR) is 109 cm³/mol. The van der Waals surface area contributed by atoms with Gasteiger partial charge in [-0.3, -0.25) is 0 Å². The van der Waals surface area contributed by atoms with Gasteiger partial charge < -0.3 is 18.8 Å². The van der Waals surface area contributed by atoms with Gasteiger partial charge in [0.2, 0.25) is 0 Å². The van der Waals surface area contributed by atoms with E-state index in [9.17, 15) is 0 Å². The topological polar surface area (TPSA) is 36.9 Å². The van der Waals surface area contributed by atoms with Gasteiger partial charge in [-0.05, 0) is 68.6 Å². The van der Waals surface area contributed by atoms with E-state index in [-0.39, 0.29) is 0 Å². The summed E-state index contributed by atoms with van der Waals surface area (Å²) in [6.45, 7) is 9.11. The van der Waals surface area contributed by atoms with Crippen molar-refractivity contribution in [3.05, 3.63) is 58.6 Å². The van der Waals surface area contributed by atoms with Crippen LogP contribution in [0.25, 0.3) is 0 Å². The second kappa shape index (κ2) is 7.84. The van der Waals surface area contributed by atoms with Gasteiger partial charge >= 0.3 is 7.12 Å². The Morgan fingerprint density at radius 2 is 1.56 bits per heavy atom. The summed E-state index contributed by atoms with van der Waals surface area (Å²) in [7, 11) is 1.19. The molecular weight excluding hydrogens is 362 g/mol. The molecule has 2 aromatic carbocycles. The first-order chi connectivity index (χ1) is 12.7. The average molecular weight is 389 g/mol. The molecular formula is C21H26BClO4. The number of rotatable bonds is 6. The fourth-order valence-electron chi connectivity index (χ4n) is 2.89. The summed E-state index contributed by atoms with van der Waals surface area (Å²) in [6, 6.07) is 13.6. The first-order valence-electron chi connectivity index (χ1n) is 9.06. The SMILES string of the molecule is COc1ccc(COCc2ccc(Cl)cc2B2OC(C)(C)C(C)(C)O2)cc1. The van der Waals surface area contributed by atoms with Gasteiger partial charge in [-0.15, -0.1) is 0 Å². The molecule has 0 bridgehead atoms. The van der Waals surface area contributed by atoms with Crippen molar-refractivity contribution in [2.24, 2.45) is 0 Å². The van der Waals surface area contributed by atoms with Crippen LogP contribution < -0.4 is 10.2 Å². The van der Waals surface area contributed by atoms with Crippen LogP contribution >= 0.6 is 11.6 Å². The minimum Gasteiger partial charge on any atom is -0.497 e. The molecule has 0 N–H and O–H groups in total. The Kier molecular flexibility index (Phi) is 5.87. The Hall–Kier alpha value is -1.53. The Morgan fingerprint density at radius 1 is 0.926 bits per heavy atom. The van der Waals surface area contributed by atoms with E-state index in [1.165, 1.54) is 0 Å². The lowest BCUT2D eigenvalue weighted by atomic mass is 9.76. The second-order valence-corrected chi connectivity index (χ2v) is 8.21. The highest BCUT2D eigenvalue weighted by Crippen LogP contribution is 2.37. The Balaban J connectivity index is 1.71. The van der Waals surface area contributed by atoms with Crippen molar-refractivity contribution in [3.8, 4) is 5.75 Å². The van der Waals surface area contributed by atoms with E-state index in [1.54, 1.807) is 7.11 Å². The first kappa shape index (κ1) is 20.2. The smallest absolute Gasteiger partial charge is 0.495 e. The maximum Gasteiger partial charge on any atom is 0.495 e. The highest BCUT2D eigenvalue weighted by molar-refractivity contribution is 6.63. The normalized spacial score (nSPS) is 17.9. The maximum atomic E-state index is 6.23. The number of methoxy groups -OCH3 is 1. The third kappa shape index (κ3) is 4.49. The van der Waals surface area contributed by atoms with Crippen LogP contribution in [0.3, 0.4) is 0 Å². The van der Waals surface area contributed by atoms with Gasteiger partial charge in [0.25, 0.3) is 0 Å². The van der Waals surface area contributed by atoms with Crippen LogP contribution in [0.15, 0.2) is 42.5 Å². The maximum absolute atomic E-state index is 6.23. The quantitative estimate of drug-likeness (QED) is 0.689. The number of benzene rings is 2. The summed E-state index contributed by atoms with van der Waals surface area (Å²) in [6.07, 6.45) is 0. The molecule has 1 fully saturated rings. The third-order valence-corrected chi connectivity index (χ3v) is 5.54. The van der Waals surface area contributed by atoms with Crippen LogP contribution in [0.1, 0.15) is 38.8 Å². The van der Waals surface area contributed by atoms with Crippen molar-refractivity contribution < 1.29 is 18.8 Å². The van der Waals surface area contributed by atoms with Gasteiger partial charge in [-0.25, -0.2) is 0 Å². The summed E-state index contributed by atoms with van der Waals surface area (Å²) in [5.41, 5.74) is 2.20. The van der Waals surface area contributed by atoms with E-state index >= 15 is 0 Å². The Labute approximate surface area is 166 Å². The lowest BCUT2D eigenvalue weighted by molar-refractivity contribution is 0.00578. The zero-order valence-electron chi connectivity index (χ0n) is 16.5. The molecule has 0 unspecified atom stereocenters. The van der Waals surface area contributed by atoms with Crippen LogP contribution in [0.5, 0.6) is 5.75 Å². The lowest BCUT2D eigenvalue weighted by Crippen LogP contribution is -2.41. The van der Waals surface area contributed by atoms with Crippen molar-refractivity contribution >= 4 is 24.2 Å². The molecule has 0 spiro atoms. The number of hydrogen-bond acceptors (Lipinski definition) is 4. The third-order valence-electron chi connectivity index (χ3n) is 5.30. The fourth-order valence-corrected chi connectivity index (χ4v) is 3.07. The molecule has 0 atom stereocenters. The van der Waals surface area contributed by atoms with E-state index < -0.39 is 18.3 Å². The molecule has 1 heterocycles. The average Bonchev–Trinajstić information content (AvgIpc) is 2.84. The molecule has 0 saturated carbocycles. The summed E-state index contributed by atoms with van der Waals surface area (Å²) in [5, 5.41) is 0.651. The molecule has 0 aromatic heterocycles. The Bertz CT molecular complexity index is 773. The van der Waals surface area contributed by atoms with Crippen molar-refractivity contribution in [1.29, 1.82) is 0 Å². The minimum absolute atomic E-state index is 0.402. The zero-order valence-corrected chi connectivity index (χ0v) is 17.3. The van der Waals surface area contributed by atoms with Crippen molar-refractivity contribution in [1.82, 2.24) is 0 Å². The lowest BCUT2D eigenvalue weighted by Gasteiger charge is -2.32. The van der Waals surface area contributed by atoms with Crippen LogP contribution in [-0.2, 0) is 27.3 Å². The summed E-state index contributed by atoms with van der Waals surface area (Å²) < 4.78 is 23.5. The minimum atomic E-state index is -0.465. The van der Waals surface area contributed by atoms with Crippen molar-refractivity contribution in [2.45, 2.75) is 52.1 Å². The predicted octanol–water partition coefficient (Wildman–Crippen LogP) is 4.36. The molecule has 0 aliphatic carbocycles. The highest BCUT2D eigenvalue weighted by Gasteiger charge is 2.52. The van der Waals surface area contributed by atoms with E-state index in [4.69, 9.17) is 30.4 Å². The molecule has 0 amide bonds. The summed E-state index contributed by atoms with van der Waals surface area (Å²) >= 11 is 6.23. The molecule has 0 radical (unpaired) electrons. The van der Waals surface area contributed by atoms with E-state index in [0.717, 1.165) is 22.3 Å².